The highest BCUT2D eigenvalue weighted by Crippen LogP contribution is 2.21. The van der Waals surface area contributed by atoms with Crippen LogP contribution in [0.1, 0.15) is 29.7 Å². The molecule has 18 heavy (non-hydrogen) atoms. The second kappa shape index (κ2) is 5.20. The topological polar surface area (TPSA) is 66.3 Å². The van der Waals surface area contributed by atoms with Gasteiger partial charge < -0.3 is 10.0 Å². The van der Waals surface area contributed by atoms with Crippen molar-refractivity contribution in [2.24, 2.45) is 5.92 Å². The third kappa shape index (κ3) is 2.62. The van der Waals surface area contributed by atoms with Gasteiger partial charge in [-0.15, -0.1) is 0 Å². The Labute approximate surface area is 111 Å². The van der Waals surface area contributed by atoms with Gasteiger partial charge in [-0.2, -0.15) is 0 Å². The maximum absolute atomic E-state index is 12.3. The van der Waals surface area contributed by atoms with E-state index in [4.69, 9.17) is 11.6 Å². The highest BCUT2D eigenvalue weighted by Gasteiger charge is 2.29. The predicted molar refractivity (Wildman–Crippen MR) is 67.5 cm³/mol. The molecule has 1 aliphatic heterocycles. The Morgan fingerprint density at radius 3 is 3.00 bits per heavy atom. The third-order valence-corrected chi connectivity index (χ3v) is 3.55. The SMILES string of the molecule is Cc1ncc(Cl)c(C(=O)N2CCC(C)C(O)C2)n1. The van der Waals surface area contributed by atoms with Crippen molar-refractivity contribution in [2.75, 3.05) is 13.1 Å². The third-order valence-electron chi connectivity index (χ3n) is 3.27. The van der Waals surface area contributed by atoms with Crippen molar-refractivity contribution in [2.45, 2.75) is 26.4 Å². The lowest BCUT2D eigenvalue weighted by Gasteiger charge is -2.34. The van der Waals surface area contributed by atoms with Gasteiger partial charge in [-0.3, -0.25) is 4.79 Å². The molecule has 1 amide bonds. The second-order valence-corrected chi connectivity index (χ2v) is 5.11. The van der Waals surface area contributed by atoms with E-state index in [1.165, 1.54) is 6.20 Å². The first-order chi connectivity index (χ1) is 8.49. The van der Waals surface area contributed by atoms with E-state index in [2.05, 4.69) is 9.97 Å². The molecule has 0 aliphatic carbocycles. The molecule has 0 aromatic carbocycles. The number of carbonyl (C=O) groups is 1. The molecule has 1 N–H and O–H groups in total. The minimum Gasteiger partial charge on any atom is -0.391 e. The van der Waals surface area contributed by atoms with E-state index in [9.17, 15) is 9.90 Å². The number of aliphatic hydroxyl groups is 1. The number of likely N-dealkylation sites (tertiary alicyclic amines) is 1. The van der Waals surface area contributed by atoms with Crippen LogP contribution in [0.15, 0.2) is 6.20 Å². The van der Waals surface area contributed by atoms with E-state index in [1.807, 2.05) is 6.92 Å². The van der Waals surface area contributed by atoms with E-state index in [1.54, 1.807) is 11.8 Å². The van der Waals surface area contributed by atoms with Crippen molar-refractivity contribution in [1.82, 2.24) is 14.9 Å². The summed E-state index contributed by atoms with van der Waals surface area (Å²) in [6.45, 7) is 4.64. The first-order valence-corrected chi connectivity index (χ1v) is 6.33. The molecule has 0 bridgehead atoms. The van der Waals surface area contributed by atoms with Crippen LogP contribution in [0.2, 0.25) is 5.02 Å². The molecule has 2 rings (SSSR count). The van der Waals surface area contributed by atoms with E-state index in [-0.39, 0.29) is 22.5 Å². The van der Waals surface area contributed by atoms with Crippen LogP contribution in [-0.2, 0) is 0 Å². The molecule has 6 heteroatoms. The molecule has 0 spiro atoms. The molecule has 1 aromatic heterocycles. The summed E-state index contributed by atoms with van der Waals surface area (Å²) in [6, 6.07) is 0. The van der Waals surface area contributed by atoms with E-state index >= 15 is 0 Å². The Bertz CT molecular complexity index is 467. The van der Waals surface area contributed by atoms with Crippen molar-refractivity contribution in [3.8, 4) is 0 Å². The zero-order valence-electron chi connectivity index (χ0n) is 10.4. The molecule has 1 aromatic rings. The first kappa shape index (κ1) is 13.2. The summed E-state index contributed by atoms with van der Waals surface area (Å²) in [5.41, 5.74) is 0.214. The van der Waals surface area contributed by atoms with Gasteiger partial charge in [0.2, 0.25) is 0 Å². The fourth-order valence-electron chi connectivity index (χ4n) is 1.99. The summed E-state index contributed by atoms with van der Waals surface area (Å²) < 4.78 is 0. The fraction of sp³-hybridized carbons (Fsp3) is 0.583. The molecule has 2 heterocycles. The Morgan fingerprint density at radius 2 is 2.33 bits per heavy atom. The van der Waals surface area contributed by atoms with Gasteiger partial charge in [-0.1, -0.05) is 18.5 Å². The monoisotopic (exact) mass is 269 g/mol. The van der Waals surface area contributed by atoms with Gasteiger partial charge in [0.05, 0.1) is 17.3 Å². The van der Waals surface area contributed by atoms with Crippen LogP contribution in [0.25, 0.3) is 0 Å². The van der Waals surface area contributed by atoms with Crippen LogP contribution in [0.5, 0.6) is 0 Å². The summed E-state index contributed by atoms with van der Waals surface area (Å²) in [7, 11) is 0. The molecule has 98 valence electrons. The molecule has 1 aliphatic rings. The van der Waals surface area contributed by atoms with Crippen LogP contribution in [0, 0.1) is 12.8 Å². The van der Waals surface area contributed by atoms with Crippen LogP contribution < -0.4 is 0 Å². The summed E-state index contributed by atoms with van der Waals surface area (Å²) in [6.07, 6.45) is 1.73. The first-order valence-electron chi connectivity index (χ1n) is 5.95. The maximum Gasteiger partial charge on any atom is 0.274 e. The summed E-state index contributed by atoms with van der Waals surface area (Å²) in [5.74, 6) is 0.488. The molecule has 1 saturated heterocycles. The molecule has 5 nitrogen and oxygen atoms in total. The number of aliphatic hydroxyl groups excluding tert-OH is 1. The standard InChI is InChI=1S/C12H16ClN3O2/c1-7-3-4-16(6-10(7)17)12(18)11-9(13)5-14-8(2)15-11/h5,7,10,17H,3-4,6H2,1-2H3. The molecule has 0 saturated carbocycles. The lowest BCUT2D eigenvalue weighted by atomic mass is 9.96. The maximum atomic E-state index is 12.3. The van der Waals surface area contributed by atoms with Gasteiger partial charge in [0.1, 0.15) is 5.82 Å². The van der Waals surface area contributed by atoms with Gasteiger partial charge in [0.15, 0.2) is 5.69 Å². The number of β-amino-alcohol motifs (C(OH)–C–C–N with tert-alkyl or cyclic N) is 1. The van der Waals surface area contributed by atoms with Crippen molar-refractivity contribution < 1.29 is 9.90 Å². The summed E-state index contributed by atoms with van der Waals surface area (Å²) >= 11 is 5.94. The van der Waals surface area contributed by atoms with Crippen molar-refractivity contribution in [3.05, 3.63) is 22.7 Å². The van der Waals surface area contributed by atoms with Crippen molar-refractivity contribution in [1.29, 1.82) is 0 Å². The van der Waals surface area contributed by atoms with Crippen LogP contribution in [-0.4, -0.2) is 45.1 Å². The van der Waals surface area contributed by atoms with Gasteiger partial charge in [-0.05, 0) is 19.3 Å². The number of hydrogen-bond donors (Lipinski definition) is 1. The van der Waals surface area contributed by atoms with E-state index < -0.39 is 6.10 Å². The number of piperidine rings is 1. The second-order valence-electron chi connectivity index (χ2n) is 4.70. The Morgan fingerprint density at radius 1 is 1.61 bits per heavy atom. The Hall–Kier alpha value is -1.20. The highest BCUT2D eigenvalue weighted by molar-refractivity contribution is 6.33. The Balaban J connectivity index is 2.19. The minimum absolute atomic E-state index is 0.214. The van der Waals surface area contributed by atoms with E-state index in [0.717, 1.165) is 6.42 Å². The molecule has 2 atom stereocenters. The molecular formula is C12H16ClN3O2. The quantitative estimate of drug-likeness (QED) is 0.834. The smallest absolute Gasteiger partial charge is 0.274 e. The van der Waals surface area contributed by atoms with Gasteiger partial charge in [-0.25, -0.2) is 9.97 Å². The van der Waals surface area contributed by atoms with Gasteiger partial charge >= 0.3 is 0 Å². The largest absolute Gasteiger partial charge is 0.391 e. The number of aryl methyl sites for hydroxylation is 1. The molecule has 2 unspecified atom stereocenters. The summed E-state index contributed by atoms with van der Waals surface area (Å²) in [5, 5.41) is 10.1. The Kier molecular flexibility index (Phi) is 3.82. The highest BCUT2D eigenvalue weighted by atomic mass is 35.5. The number of nitrogens with zero attached hydrogens (tertiary/aromatic N) is 3. The van der Waals surface area contributed by atoms with Crippen molar-refractivity contribution in [3.63, 3.8) is 0 Å². The van der Waals surface area contributed by atoms with Crippen LogP contribution in [0.4, 0.5) is 0 Å². The number of halogens is 1. The summed E-state index contributed by atoms with van der Waals surface area (Å²) in [4.78, 5) is 21.9. The van der Waals surface area contributed by atoms with Crippen LogP contribution >= 0.6 is 11.6 Å². The lowest BCUT2D eigenvalue weighted by molar-refractivity contribution is 0.0245. The van der Waals surface area contributed by atoms with Gasteiger partial charge in [0.25, 0.3) is 5.91 Å². The average molecular weight is 270 g/mol. The number of amides is 1. The number of rotatable bonds is 1. The van der Waals surface area contributed by atoms with Gasteiger partial charge in [0, 0.05) is 13.1 Å². The number of aromatic nitrogens is 2. The zero-order chi connectivity index (χ0) is 13.3. The minimum atomic E-state index is -0.482. The molecule has 1 fully saturated rings. The van der Waals surface area contributed by atoms with Crippen molar-refractivity contribution >= 4 is 17.5 Å². The van der Waals surface area contributed by atoms with Crippen LogP contribution in [0.3, 0.4) is 0 Å². The average Bonchev–Trinajstić information content (AvgIpc) is 2.35. The number of hydrogen-bond acceptors (Lipinski definition) is 4. The molecule has 0 radical (unpaired) electrons. The normalized spacial score (nSPS) is 24.1. The molecular weight excluding hydrogens is 254 g/mol. The predicted octanol–water partition coefficient (Wildman–Crippen LogP) is 1.28. The number of carbonyl (C=O) groups excluding carboxylic acids is 1. The lowest BCUT2D eigenvalue weighted by Crippen LogP contribution is -2.46. The fourth-order valence-corrected chi connectivity index (χ4v) is 2.16. The van der Waals surface area contributed by atoms with E-state index in [0.29, 0.717) is 18.9 Å². The zero-order valence-corrected chi connectivity index (χ0v) is 11.2.